The van der Waals surface area contributed by atoms with Gasteiger partial charge in [-0.2, -0.15) is 0 Å². The van der Waals surface area contributed by atoms with Gasteiger partial charge in [-0.1, -0.05) is 0 Å². The van der Waals surface area contributed by atoms with Crippen LogP contribution in [0, 0.1) is 0 Å². The zero-order valence-corrected chi connectivity index (χ0v) is 13.2. The summed E-state index contributed by atoms with van der Waals surface area (Å²) in [7, 11) is 1.16. The minimum Gasteiger partial charge on any atom is -0.475 e. The van der Waals surface area contributed by atoms with Gasteiger partial charge in [-0.3, -0.25) is 14.4 Å². The van der Waals surface area contributed by atoms with E-state index in [2.05, 4.69) is 4.74 Å². The third-order valence-electron chi connectivity index (χ3n) is 2.73. The lowest BCUT2D eigenvalue weighted by atomic mass is 10.1. The second-order valence-electron chi connectivity index (χ2n) is 4.63. The van der Waals surface area contributed by atoms with Crippen LogP contribution in [0.25, 0.3) is 0 Å². The van der Waals surface area contributed by atoms with Crippen molar-refractivity contribution in [2.24, 2.45) is 0 Å². The maximum Gasteiger partial charge on any atom is 0.373 e. The molecule has 23 heavy (non-hydrogen) atoms. The fraction of sp³-hybridized carbons (Fsp3) is 0.571. The molecule has 1 aliphatic heterocycles. The van der Waals surface area contributed by atoms with Crippen molar-refractivity contribution in [1.29, 1.82) is 0 Å². The van der Waals surface area contributed by atoms with E-state index in [0.29, 0.717) is 0 Å². The van der Waals surface area contributed by atoms with Gasteiger partial charge in [0.2, 0.25) is 5.76 Å². The smallest absolute Gasteiger partial charge is 0.373 e. The van der Waals surface area contributed by atoms with Gasteiger partial charge >= 0.3 is 23.9 Å². The Hall–Kier alpha value is -2.58. The van der Waals surface area contributed by atoms with Crippen LogP contribution in [-0.4, -0.2) is 55.9 Å². The molecule has 0 saturated carbocycles. The summed E-state index contributed by atoms with van der Waals surface area (Å²) < 4.78 is 24.8. The highest BCUT2D eigenvalue weighted by Crippen LogP contribution is 2.26. The average molecular weight is 330 g/mol. The van der Waals surface area contributed by atoms with E-state index in [1.54, 1.807) is 0 Å². The number of hydrogen-bond acceptors (Lipinski definition) is 9. The Morgan fingerprint density at radius 3 is 2.26 bits per heavy atom. The molecule has 0 aromatic carbocycles. The quantitative estimate of drug-likeness (QED) is 0.485. The van der Waals surface area contributed by atoms with Gasteiger partial charge in [0.15, 0.2) is 18.3 Å². The molecule has 128 valence electrons. The Morgan fingerprint density at radius 1 is 1.13 bits per heavy atom. The lowest BCUT2D eigenvalue weighted by Crippen LogP contribution is -2.43. The van der Waals surface area contributed by atoms with Crippen molar-refractivity contribution >= 4 is 23.9 Å². The summed E-state index contributed by atoms with van der Waals surface area (Å²) in [5.74, 6) is -2.84. The summed E-state index contributed by atoms with van der Waals surface area (Å²) >= 11 is 0. The van der Waals surface area contributed by atoms with Crippen LogP contribution in [0.1, 0.15) is 20.8 Å². The fourth-order valence-corrected chi connectivity index (χ4v) is 1.90. The van der Waals surface area contributed by atoms with Crippen LogP contribution >= 0.6 is 0 Å². The molecule has 1 heterocycles. The first-order chi connectivity index (χ1) is 10.7. The van der Waals surface area contributed by atoms with E-state index in [9.17, 15) is 19.2 Å². The lowest BCUT2D eigenvalue weighted by molar-refractivity contribution is -0.172. The number of hydrogen-bond donors (Lipinski definition) is 0. The Labute approximate surface area is 132 Å². The SMILES string of the molecule is COC(=O)C1=C[C@@H](OC(C)=O)[C@H]([C@@H](COC(C)=O)OC(C)=O)O1. The summed E-state index contributed by atoms with van der Waals surface area (Å²) in [5, 5.41) is 0. The Balaban J connectivity index is 2.96. The molecule has 0 radical (unpaired) electrons. The second kappa shape index (κ2) is 8.16. The van der Waals surface area contributed by atoms with Crippen molar-refractivity contribution in [3.05, 3.63) is 11.8 Å². The van der Waals surface area contributed by atoms with Crippen LogP contribution in [0.5, 0.6) is 0 Å². The first kappa shape index (κ1) is 18.5. The molecule has 0 fully saturated rings. The molecule has 0 aromatic heterocycles. The minimum absolute atomic E-state index is 0.191. The average Bonchev–Trinajstić information content (AvgIpc) is 2.85. The summed E-state index contributed by atoms with van der Waals surface area (Å²) in [6.07, 6.45) is -1.88. The summed E-state index contributed by atoms with van der Waals surface area (Å²) in [6.45, 7) is 3.20. The van der Waals surface area contributed by atoms with Crippen LogP contribution in [0.3, 0.4) is 0 Å². The Morgan fingerprint density at radius 2 is 1.78 bits per heavy atom. The highest BCUT2D eigenvalue weighted by Gasteiger charge is 2.42. The van der Waals surface area contributed by atoms with Crippen molar-refractivity contribution in [2.75, 3.05) is 13.7 Å². The van der Waals surface area contributed by atoms with Crippen molar-refractivity contribution in [3.8, 4) is 0 Å². The first-order valence-corrected chi connectivity index (χ1v) is 6.69. The van der Waals surface area contributed by atoms with Crippen molar-refractivity contribution in [3.63, 3.8) is 0 Å². The lowest BCUT2D eigenvalue weighted by Gasteiger charge is -2.26. The fourth-order valence-electron chi connectivity index (χ4n) is 1.90. The summed E-state index contributed by atoms with van der Waals surface area (Å²) in [6, 6.07) is 0. The van der Waals surface area contributed by atoms with E-state index in [1.165, 1.54) is 19.9 Å². The van der Waals surface area contributed by atoms with E-state index in [0.717, 1.165) is 14.0 Å². The van der Waals surface area contributed by atoms with E-state index < -0.39 is 42.2 Å². The zero-order chi connectivity index (χ0) is 17.6. The third-order valence-corrected chi connectivity index (χ3v) is 2.73. The van der Waals surface area contributed by atoms with Gasteiger partial charge in [-0.15, -0.1) is 0 Å². The molecule has 9 heteroatoms. The van der Waals surface area contributed by atoms with Crippen molar-refractivity contribution in [1.82, 2.24) is 0 Å². The standard InChI is InChI=1S/C14H18O9/c1-7(15)20-6-12(22-9(3)17)13-10(21-8(2)16)5-11(23-13)14(18)19-4/h5,10,12-13H,6H2,1-4H3/t10-,12-,13-/m1/s1. The second-order valence-corrected chi connectivity index (χ2v) is 4.63. The van der Waals surface area contributed by atoms with Gasteiger partial charge in [-0.25, -0.2) is 4.79 Å². The molecular weight excluding hydrogens is 312 g/mol. The Bertz CT molecular complexity index is 522. The van der Waals surface area contributed by atoms with E-state index in [1.807, 2.05) is 0 Å². The number of carbonyl (C=O) groups is 4. The largest absolute Gasteiger partial charge is 0.475 e. The molecule has 0 amide bonds. The number of esters is 4. The zero-order valence-electron chi connectivity index (χ0n) is 13.2. The van der Waals surface area contributed by atoms with Crippen molar-refractivity contribution in [2.45, 2.75) is 39.1 Å². The molecular formula is C14H18O9. The molecule has 0 spiro atoms. The number of ether oxygens (including phenoxy) is 5. The topological polar surface area (TPSA) is 114 Å². The van der Waals surface area contributed by atoms with Crippen LogP contribution in [-0.2, 0) is 42.9 Å². The number of methoxy groups -OCH3 is 1. The molecule has 0 saturated heterocycles. The van der Waals surface area contributed by atoms with E-state index in [-0.39, 0.29) is 12.4 Å². The first-order valence-electron chi connectivity index (χ1n) is 6.69. The summed E-state index contributed by atoms with van der Waals surface area (Å²) in [4.78, 5) is 44.9. The predicted molar refractivity (Wildman–Crippen MR) is 72.7 cm³/mol. The van der Waals surface area contributed by atoms with Crippen LogP contribution in [0.2, 0.25) is 0 Å². The van der Waals surface area contributed by atoms with Crippen LogP contribution in [0.15, 0.2) is 11.8 Å². The van der Waals surface area contributed by atoms with E-state index >= 15 is 0 Å². The van der Waals surface area contributed by atoms with Gasteiger partial charge in [0.1, 0.15) is 6.61 Å². The predicted octanol–water partition coefficient (Wildman–Crippen LogP) is -0.131. The van der Waals surface area contributed by atoms with Crippen LogP contribution in [0.4, 0.5) is 0 Å². The molecule has 0 unspecified atom stereocenters. The van der Waals surface area contributed by atoms with Gasteiger partial charge in [0.05, 0.1) is 7.11 Å². The third kappa shape index (κ3) is 5.61. The highest BCUT2D eigenvalue weighted by atomic mass is 16.6. The van der Waals surface area contributed by atoms with E-state index in [4.69, 9.17) is 18.9 Å². The van der Waals surface area contributed by atoms with Gasteiger partial charge in [0.25, 0.3) is 0 Å². The molecule has 0 bridgehead atoms. The maximum absolute atomic E-state index is 11.6. The maximum atomic E-state index is 11.6. The molecule has 0 aliphatic carbocycles. The number of rotatable bonds is 6. The van der Waals surface area contributed by atoms with Gasteiger partial charge < -0.3 is 23.7 Å². The normalized spacial score (nSPS) is 20.6. The monoisotopic (exact) mass is 330 g/mol. The number of carbonyl (C=O) groups excluding carboxylic acids is 4. The van der Waals surface area contributed by atoms with Gasteiger partial charge in [-0.05, 0) is 0 Å². The molecule has 1 rings (SSSR count). The van der Waals surface area contributed by atoms with Gasteiger partial charge in [0, 0.05) is 26.8 Å². The molecule has 0 aromatic rings. The minimum atomic E-state index is -1.07. The summed E-state index contributed by atoms with van der Waals surface area (Å²) in [5.41, 5.74) is 0. The highest BCUT2D eigenvalue weighted by molar-refractivity contribution is 5.87. The van der Waals surface area contributed by atoms with Crippen LogP contribution < -0.4 is 0 Å². The molecule has 3 atom stereocenters. The molecule has 0 N–H and O–H groups in total. The van der Waals surface area contributed by atoms with Crippen molar-refractivity contribution < 1.29 is 42.9 Å². The Kier molecular flexibility index (Phi) is 6.55. The molecule has 1 aliphatic rings. The molecule has 9 nitrogen and oxygen atoms in total.